The zero-order valence-corrected chi connectivity index (χ0v) is 21.6. The monoisotopic (exact) mass is 488 g/mol. The van der Waals surface area contributed by atoms with E-state index in [-0.39, 0.29) is 6.61 Å². The van der Waals surface area contributed by atoms with Gasteiger partial charge in [0.05, 0.1) is 5.69 Å². The molecular formula is C31H40N2O3. The molecule has 3 aromatic rings. The van der Waals surface area contributed by atoms with Gasteiger partial charge in [-0.05, 0) is 81.8 Å². The lowest BCUT2D eigenvalue weighted by atomic mass is 10.0. The third kappa shape index (κ3) is 9.48. The molecule has 0 saturated carbocycles. The molecule has 0 aliphatic heterocycles. The minimum absolute atomic E-state index is 0.201. The fraction of sp³-hybridized carbons (Fsp3) is 0.387. The van der Waals surface area contributed by atoms with E-state index in [4.69, 9.17) is 9.84 Å². The van der Waals surface area contributed by atoms with Crippen LogP contribution >= 0.6 is 0 Å². The summed E-state index contributed by atoms with van der Waals surface area (Å²) in [6, 6.07) is 26.3. The molecule has 36 heavy (non-hydrogen) atoms. The molecule has 0 aromatic heterocycles. The number of para-hydroxylation sites is 1. The van der Waals surface area contributed by atoms with Gasteiger partial charge in [-0.1, -0.05) is 79.2 Å². The summed E-state index contributed by atoms with van der Waals surface area (Å²) in [7, 11) is 0. The average Bonchev–Trinajstić information content (AvgIpc) is 2.87. The third-order valence-corrected chi connectivity index (χ3v) is 6.26. The SMILES string of the molecule is CC(C)(CCNCCCCCc1ccc(CCO)cc1)OC(=O)Nc1ccccc1-c1ccccc1. The molecule has 0 fully saturated rings. The minimum atomic E-state index is -0.568. The van der Waals surface area contributed by atoms with Crippen molar-refractivity contribution in [3.8, 4) is 11.1 Å². The molecule has 0 unspecified atom stereocenters. The van der Waals surface area contributed by atoms with Gasteiger partial charge in [-0.25, -0.2) is 4.79 Å². The van der Waals surface area contributed by atoms with Crippen molar-refractivity contribution in [3.63, 3.8) is 0 Å². The maximum absolute atomic E-state index is 12.6. The maximum Gasteiger partial charge on any atom is 0.412 e. The first kappa shape index (κ1) is 27.4. The van der Waals surface area contributed by atoms with Gasteiger partial charge in [0.25, 0.3) is 0 Å². The standard InChI is InChI=1S/C31H40N2O3/c1-31(2,21-23-32-22-10-4-5-11-25-16-18-26(19-17-25)20-24-34)36-30(35)33-29-15-9-8-14-28(29)27-12-6-3-7-13-27/h3,6-9,12-19,32,34H,4-5,10-11,20-24H2,1-2H3,(H,33,35). The molecule has 0 aliphatic carbocycles. The number of carbonyl (C=O) groups excluding carboxylic acids is 1. The van der Waals surface area contributed by atoms with Crippen molar-refractivity contribution in [3.05, 3.63) is 90.0 Å². The highest BCUT2D eigenvalue weighted by molar-refractivity contribution is 5.91. The minimum Gasteiger partial charge on any atom is -0.443 e. The molecule has 0 heterocycles. The van der Waals surface area contributed by atoms with Gasteiger partial charge in [-0.3, -0.25) is 5.32 Å². The maximum atomic E-state index is 12.6. The first-order chi connectivity index (χ1) is 17.5. The van der Waals surface area contributed by atoms with Gasteiger partial charge in [-0.15, -0.1) is 0 Å². The lowest BCUT2D eigenvalue weighted by molar-refractivity contribution is 0.0427. The highest BCUT2D eigenvalue weighted by Crippen LogP contribution is 2.28. The number of carbonyl (C=O) groups is 1. The Morgan fingerprint density at radius 2 is 1.47 bits per heavy atom. The third-order valence-electron chi connectivity index (χ3n) is 6.26. The molecule has 3 N–H and O–H groups in total. The Balaban J connectivity index is 1.31. The van der Waals surface area contributed by atoms with Gasteiger partial charge >= 0.3 is 6.09 Å². The van der Waals surface area contributed by atoms with Crippen molar-refractivity contribution in [2.24, 2.45) is 0 Å². The fourth-order valence-corrected chi connectivity index (χ4v) is 4.17. The van der Waals surface area contributed by atoms with Crippen LogP contribution in [0, 0.1) is 0 Å². The number of unbranched alkanes of at least 4 members (excludes halogenated alkanes) is 2. The Morgan fingerprint density at radius 3 is 2.19 bits per heavy atom. The number of aliphatic hydroxyl groups excluding tert-OH is 1. The van der Waals surface area contributed by atoms with E-state index in [0.29, 0.717) is 0 Å². The fourth-order valence-electron chi connectivity index (χ4n) is 4.17. The number of hydrogen-bond donors (Lipinski definition) is 3. The van der Waals surface area contributed by atoms with Crippen LogP contribution in [-0.4, -0.2) is 36.5 Å². The molecule has 1 amide bonds. The number of amides is 1. The molecule has 0 atom stereocenters. The van der Waals surface area contributed by atoms with Crippen molar-refractivity contribution < 1.29 is 14.6 Å². The predicted octanol–water partition coefficient (Wildman–Crippen LogP) is 6.61. The Kier molecular flexibility index (Phi) is 11.0. The van der Waals surface area contributed by atoms with Crippen LogP contribution in [0.25, 0.3) is 11.1 Å². The molecule has 0 spiro atoms. The van der Waals surface area contributed by atoms with Crippen molar-refractivity contribution in [2.75, 3.05) is 25.0 Å². The summed E-state index contributed by atoms with van der Waals surface area (Å²) in [4.78, 5) is 12.6. The number of benzene rings is 3. The van der Waals surface area contributed by atoms with Gasteiger partial charge in [0.15, 0.2) is 0 Å². The van der Waals surface area contributed by atoms with Gasteiger partial charge in [0, 0.05) is 12.2 Å². The highest BCUT2D eigenvalue weighted by Gasteiger charge is 2.23. The summed E-state index contributed by atoms with van der Waals surface area (Å²) < 4.78 is 5.75. The van der Waals surface area contributed by atoms with E-state index in [0.717, 1.165) is 55.6 Å². The Hall–Kier alpha value is -3.15. The van der Waals surface area contributed by atoms with Crippen LogP contribution in [0.1, 0.15) is 50.7 Å². The number of hydrogen-bond acceptors (Lipinski definition) is 4. The second kappa shape index (κ2) is 14.4. The smallest absolute Gasteiger partial charge is 0.412 e. The largest absolute Gasteiger partial charge is 0.443 e. The number of rotatable bonds is 14. The van der Waals surface area contributed by atoms with Gasteiger partial charge < -0.3 is 15.2 Å². The Labute approximate surface area is 215 Å². The Bertz CT molecular complexity index is 1050. The van der Waals surface area contributed by atoms with E-state index in [1.54, 1.807) is 0 Å². The average molecular weight is 489 g/mol. The molecular weight excluding hydrogens is 448 g/mol. The molecule has 0 radical (unpaired) electrons. The first-order valence-corrected chi connectivity index (χ1v) is 13.0. The molecule has 3 rings (SSSR count). The van der Waals surface area contributed by atoms with Crippen molar-refractivity contribution in [2.45, 2.75) is 58.0 Å². The summed E-state index contributed by atoms with van der Waals surface area (Å²) in [6.45, 7) is 5.86. The summed E-state index contributed by atoms with van der Waals surface area (Å²) >= 11 is 0. The molecule has 192 valence electrons. The van der Waals surface area contributed by atoms with E-state index in [2.05, 4.69) is 34.9 Å². The number of aliphatic hydroxyl groups is 1. The number of aryl methyl sites for hydroxylation is 1. The van der Waals surface area contributed by atoms with Crippen molar-refractivity contribution in [1.29, 1.82) is 0 Å². The summed E-state index contributed by atoms with van der Waals surface area (Å²) in [5.41, 5.74) is 4.73. The zero-order chi connectivity index (χ0) is 25.6. The molecule has 5 nitrogen and oxygen atoms in total. The number of nitrogens with one attached hydrogen (secondary N) is 2. The second-order valence-electron chi connectivity index (χ2n) is 9.79. The molecule has 0 saturated heterocycles. The van der Waals surface area contributed by atoms with Crippen LogP contribution in [0.15, 0.2) is 78.9 Å². The predicted molar refractivity (Wildman–Crippen MR) is 148 cm³/mol. The number of ether oxygens (including phenoxy) is 1. The van der Waals surface area contributed by atoms with E-state index in [1.165, 1.54) is 24.0 Å². The summed E-state index contributed by atoms with van der Waals surface area (Å²) in [5.74, 6) is 0. The van der Waals surface area contributed by atoms with E-state index < -0.39 is 11.7 Å². The van der Waals surface area contributed by atoms with Gasteiger partial charge in [0.1, 0.15) is 5.60 Å². The molecule has 0 bridgehead atoms. The van der Waals surface area contributed by atoms with Crippen LogP contribution in [0.2, 0.25) is 0 Å². The first-order valence-electron chi connectivity index (χ1n) is 13.0. The molecule has 3 aromatic carbocycles. The highest BCUT2D eigenvalue weighted by atomic mass is 16.6. The lowest BCUT2D eigenvalue weighted by Gasteiger charge is -2.25. The van der Waals surface area contributed by atoms with Gasteiger partial charge in [0.2, 0.25) is 0 Å². The molecule has 5 heteroatoms. The number of anilines is 1. The van der Waals surface area contributed by atoms with Crippen LogP contribution in [-0.2, 0) is 17.6 Å². The van der Waals surface area contributed by atoms with Crippen LogP contribution in [0.4, 0.5) is 10.5 Å². The van der Waals surface area contributed by atoms with Crippen molar-refractivity contribution >= 4 is 11.8 Å². The topological polar surface area (TPSA) is 70.6 Å². The van der Waals surface area contributed by atoms with Crippen LogP contribution in [0.5, 0.6) is 0 Å². The second-order valence-corrected chi connectivity index (χ2v) is 9.79. The van der Waals surface area contributed by atoms with Crippen molar-refractivity contribution in [1.82, 2.24) is 5.32 Å². The zero-order valence-electron chi connectivity index (χ0n) is 21.6. The van der Waals surface area contributed by atoms with Crippen LogP contribution < -0.4 is 10.6 Å². The normalized spacial score (nSPS) is 11.3. The lowest BCUT2D eigenvalue weighted by Crippen LogP contribution is -2.34. The Morgan fingerprint density at radius 1 is 0.806 bits per heavy atom. The summed E-state index contributed by atoms with van der Waals surface area (Å²) in [6.07, 6.45) is 5.58. The van der Waals surface area contributed by atoms with E-state index in [1.807, 2.05) is 68.4 Å². The van der Waals surface area contributed by atoms with Gasteiger partial charge in [-0.2, -0.15) is 0 Å². The van der Waals surface area contributed by atoms with E-state index >= 15 is 0 Å². The van der Waals surface area contributed by atoms with Crippen LogP contribution in [0.3, 0.4) is 0 Å². The van der Waals surface area contributed by atoms with E-state index in [9.17, 15) is 4.79 Å². The molecule has 0 aliphatic rings. The quantitative estimate of drug-likeness (QED) is 0.223. The summed E-state index contributed by atoms with van der Waals surface area (Å²) in [5, 5.41) is 15.4.